The summed E-state index contributed by atoms with van der Waals surface area (Å²) in [4.78, 5) is 12.0. The topological polar surface area (TPSA) is 84.5 Å². The van der Waals surface area contributed by atoms with Crippen molar-refractivity contribution < 1.29 is 17.9 Å². The lowest BCUT2D eigenvalue weighted by atomic mass is 10.0. The lowest BCUT2D eigenvalue weighted by molar-refractivity contribution is -0.118. The van der Waals surface area contributed by atoms with Crippen LogP contribution in [0.5, 0.6) is 5.75 Å². The number of rotatable bonds is 7. The van der Waals surface area contributed by atoms with Crippen molar-refractivity contribution in [2.24, 2.45) is 0 Å². The van der Waals surface area contributed by atoms with E-state index in [-0.39, 0.29) is 12.5 Å². The van der Waals surface area contributed by atoms with E-state index in [9.17, 15) is 13.2 Å². The van der Waals surface area contributed by atoms with Gasteiger partial charge >= 0.3 is 0 Å². The van der Waals surface area contributed by atoms with Crippen LogP contribution in [-0.2, 0) is 14.8 Å². The molecule has 0 bridgehead atoms. The van der Waals surface area contributed by atoms with Crippen LogP contribution in [0.25, 0.3) is 0 Å². The fourth-order valence-electron chi connectivity index (χ4n) is 2.15. The minimum Gasteiger partial charge on any atom is -0.484 e. The molecule has 2 rings (SSSR count). The Kier molecular flexibility index (Phi) is 6.03. The van der Waals surface area contributed by atoms with E-state index in [1.54, 1.807) is 24.3 Å². The maximum Gasteiger partial charge on any atom is 0.262 e. The van der Waals surface area contributed by atoms with Crippen LogP contribution in [0.3, 0.4) is 0 Å². The van der Waals surface area contributed by atoms with Crippen LogP contribution < -0.4 is 14.8 Å². The summed E-state index contributed by atoms with van der Waals surface area (Å²) in [5.74, 6) is 0.740. The Bertz CT molecular complexity index is 830. The van der Waals surface area contributed by atoms with Gasteiger partial charge in [-0.15, -0.1) is 0 Å². The molecule has 0 aliphatic rings. The highest BCUT2D eigenvalue weighted by Crippen LogP contribution is 2.20. The van der Waals surface area contributed by atoms with E-state index in [0.717, 1.165) is 11.8 Å². The van der Waals surface area contributed by atoms with Crippen LogP contribution >= 0.6 is 0 Å². The second-order valence-electron chi connectivity index (χ2n) is 6.02. The predicted octanol–water partition coefficient (Wildman–Crippen LogP) is 3.20. The SMILES string of the molecule is CC(C)c1cccc(OCC(=O)Nc2ccc(NS(C)(=O)=O)cc2)c1. The average molecular weight is 362 g/mol. The zero-order valence-corrected chi connectivity index (χ0v) is 15.3. The van der Waals surface area contributed by atoms with Gasteiger partial charge in [-0.1, -0.05) is 26.0 Å². The standard InChI is InChI=1S/C18H22N2O4S/c1-13(2)14-5-4-6-17(11-14)24-12-18(21)19-15-7-9-16(10-8-15)20-25(3,22)23/h4-11,13,20H,12H2,1-3H3,(H,19,21). The van der Waals surface area contributed by atoms with E-state index in [4.69, 9.17) is 4.74 Å². The molecular weight excluding hydrogens is 340 g/mol. The average Bonchev–Trinajstić information content (AvgIpc) is 2.54. The molecular formula is C18H22N2O4S. The molecule has 0 aliphatic carbocycles. The molecule has 0 atom stereocenters. The number of hydrogen-bond acceptors (Lipinski definition) is 4. The van der Waals surface area contributed by atoms with Crippen molar-refractivity contribution >= 4 is 27.3 Å². The number of anilines is 2. The molecule has 2 aromatic rings. The highest BCUT2D eigenvalue weighted by molar-refractivity contribution is 7.92. The maximum atomic E-state index is 12.0. The van der Waals surface area contributed by atoms with Gasteiger partial charge in [-0.3, -0.25) is 9.52 Å². The Morgan fingerprint density at radius 1 is 1.08 bits per heavy atom. The van der Waals surface area contributed by atoms with Gasteiger partial charge in [0.15, 0.2) is 6.61 Å². The monoisotopic (exact) mass is 362 g/mol. The summed E-state index contributed by atoms with van der Waals surface area (Å²) in [5.41, 5.74) is 2.14. The van der Waals surface area contributed by atoms with E-state index < -0.39 is 10.0 Å². The molecule has 6 nitrogen and oxygen atoms in total. The number of carbonyl (C=O) groups is 1. The van der Waals surface area contributed by atoms with Gasteiger partial charge in [0, 0.05) is 11.4 Å². The first kappa shape index (κ1) is 18.8. The van der Waals surface area contributed by atoms with E-state index >= 15 is 0 Å². The van der Waals surface area contributed by atoms with Crippen LogP contribution in [0.1, 0.15) is 25.3 Å². The Balaban J connectivity index is 1.89. The molecule has 0 saturated heterocycles. The van der Waals surface area contributed by atoms with Gasteiger partial charge in [0.05, 0.1) is 6.26 Å². The van der Waals surface area contributed by atoms with Gasteiger partial charge < -0.3 is 10.1 Å². The molecule has 134 valence electrons. The summed E-state index contributed by atoms with van der Waals surface area (Å²) in [7, 11) is -3.32. The second kappa shape index (κ2) is 8.02. The first-order valence-corrected chi connectivity index (χ1v) is 9.72. The zero-order chi connectivity index (χ0) is 18.4. The Hall–Kier alpha value is -2.54. The highest BCUT2D eigenvalue weighted by Gasteiger charge is 2.06. The number of sulfonamides is 1. The van der Waals surface area contributed by atoms with Crippen molar-refractivity contribution in [3.8, 4) is 5.75 Å². The van der Waals surface area contributed by atoms with Gasteiger partial charge in [0.2, 0.25) is 10.0 Å². The van der Waals surface area contributed by atoms with Crippen LogP contribution in [0.4, 0.5) is 11.4 Å². The number of nitrogens with one attached hydrogen (secondary N) is 2. The lowest BCUT2D eigenvalue weighted by Crippen LogP contribution is -2.20. The van der Waals surface area contributed by atoms with Gasteiger partial charge in [-0.2, -0.15) is 0 Å². The Labute approximate surface area is 148 Å². The fraction of sp³-hybridized carbons (Fsp3) is 0.278. The van der Waals surface area contributed by atoms with Crippen molar-refractivity contribution in [2.75, 3.05) is 22.9 Å². The summed E-state index contributed by atoms with van der Waals surface area (Å²) in [5, 5.41) is 2.70. The molecule has 0 spiro atoms. The van der Waals surface area contributed by atoms with Crippen LogP contribution in [0, 0.1) is 0 Å². The first-order chi connectivity index (χ1) is 11.7. The molecule has 0 heterocycles. The summed E-state index contributed by atoms with van der Waals surface area (Å²) < 4.78 is 30.2. The van der Waals surface area contributed by atoms with Crippen LogP contribution in [0.15, 0.2) is 48.5 Å². The smallest absolute Gasteiger partial charge is 0.262 e. The van der Waals surface area contributed by atoms with Gasteiger partial charge in [0.1, 0.15) is 5.75 Å². The quantitative estimate of drug-likeness (QED) is 0.792. The van der Waals surface area contributed by atoms with E-state index in [2.05, 4.69) is 23.9 Å². The van der Waals surface area contributed by atoms with E-state index in [1.165, 1.54) is 0 Å². The molecule has 1 amide bonds. The largest absolute Gasteiger partial charge is 0.484 e. The fourth-order valence-corrected chi connectivity index (χ4v) is 2.71. The van der Waals surface area contributed by atoms with E-state index in [0.29, 0.717) is 23.0 Å². The molecule has 7 heteroatoms. The number of ether oxygens (including phenoxy) is 1. The van der Waals surface area contributed by atoms with Crippen LogP contribution in [-0.4, -0.2) is 27.2 Å². The third-order valence-corrected chi connectivity index (χ3v) is 3.97. The van der Waals surface area contributed by atoms with E-state index in [1.807, 2.05) is 24.3 Å². The number of carbonyl (C=O) groups excluding carboxylic acids is 1. The van der Waals surface area contributed by atoms with Gasteiger partial charge in [-0.05, 0) is 47.9 Å². The molecule has 0 unspecified atom stereocenters. The zero-order valence-electron chi connectivity index (χ0n) is 14.4. The molecule has 0 aliphatic heterocycles. The Morgan fingerprint density at radius 2 is 1.72 bits per heavy atom. The third-order valence-electron chi connectivity index (χ3n) is 3.37. The highest BCUT2D eigenvalue weighted by atomic mass is 32.2. The molecule has 2 aromatic carbocycles. The molecule has 0 saturated carbocycles. The molecule has 0 aromatic heterocycles. The number of hydrogen-bond donors (Lipinski definition) is 2. The van der Waals surface area contributed by atoms with Crippen molar-refractivity contribution in [3.63, 3.8) is 0 Å². The number of benzene rings is 2. The summed E-state index contributed by atoms with van der Waals surface area (Å²) in [6.45, 7) is 4.08. The molecule has 2 N–H and O–H groups in total. The summed E-state index contributed by atoms with van der Waals surface area (Å²) in [6, 6.07) is 14.0. The summed E-state index contributed by atoms with van der Waals surface area (Å²) >= 11 is 0. The van der Waals surface area contributed by atoms with Crippen molar-refractivity contribution in [2.45, 2.75) is 19.8 Å². The molecule has 25 heavy (non-hydrogen) atoms. The first-order valence-electron chi connectivity index (χ1n) is 7.83. The third kappa shape index (κ3) is 6.46. The van der Waals surface area contributed by atoms with Gasteiger partial charge in [-0.25, -0.2) is 8.42 Å². The Morgan fingerprint density at radius 3 is 2.32 bits per heavy atom. The molecule has 0 radical (unpaired) electrons. The van der Waals surface area contributed by atoms with Gasteiger partial charge in [0.25, 0.3) is 5.91 Å². The minimum absolute atomic E-state index is 0.106. The van der Waals surface area contributed by atoms with Crippen molar-refractivity contribution in [1.29, 1.82) is 0 Å². The summed E-state index contributed by atoms with van der Waals surface area (Å²) in [6.07, 6.45) is 1.08. The minimum atomic E-state index is -3.32. The molecule has 0 fully saturated rings. The van der Waals surface area contributed by atoms with Crippen molar-refractivity contribution in [3.05, 3.63) is 54.1 Å². The van der Waals surface area contributed by atoms with Crippen molar-refractivity contribution in [1.82, 2.24) is 0 Å². The number of amides is 1. The predicted molar refractivity (Wildman–Crippen MR) is 99.6 cm³/mol. The second-order valence-corrected chi connectivity index (χ2v) is 7.76. The van der Waals surface area contributed by atoms with Crippen LogP contribution in [0.2, 0.25) is 0 Å². The maximum absolute atomic E-state index is 12.0. The normalized spacial score (nSPS) is 11.2. The lowest BCUT2D eigenvalue weighted by Gasteiger charge is -2.11.